The smallest absolute Gasteiger partial charge is 0.00949 e. The van der Waals surface area contributed by atoms with Crippen molar-refractivity contribution in [3.05, 3.63) is 0 Å². The molecular formula is C15H29N. The van der Waals surface area contributed by atoms with Crippen LogP contribution in [0.1, 0.15) is 64.7 Å². The summed E-state index contributed by atoms with van der Waals surface area (Å²) < 4.78 is 0. The van der Waals surface area contributed by atoms with Crippen molar-refractivity contribution in [3.8, 4) is 0 Å². The summed E-state index contributed by atoms with van der Waals surface area (Å²) in [5.74, 6) is 3.12. The largest absolute Gasteiger partial charge is 0.317 e. The van der Waals surface area contributed by atoms with Gasteiger partial charge in [-0.15, -0.1) is 0 Å². The van der Waals surface area contributed by atoms with Gasteiger partial charge in [0.05, 0.1) is 0 Å². The van der Waals surface area contributed by atoms with Crippen LogP contribution in [0.2, 0.25) is 0 Å². The summed E-state index contributed by atoms with van der Waals surface area (Å²) in [5.41, 5.74) is 0. The average Bonchev–Trinajstić information content (AvgIpc) is 3.11. The van der Waals surface area contributed by atoms with Crippen LogP contribution in [0.15, 0.2) is 0 Å². The molecule has 0 saturated heterocycles. The topological polar surface area (TPSA) is 12.0 Å². The SMILES string of the molecule is CCCC1CCC(C(CC2CC2)NC)CC1. The van der Waals surface area contributed by atoms with E-state index in [9.17, 15) is 0 Å². The molecule has 0 bridgehead atoms. The Labute approximate surface area is 101 Å². The molecule has 1 N–H and O–H groups in total. The standard InChI is InChI=1S/C15H29N/c1-3-4-12-7-9-14(10-8-12)15(16-2)11-13-5-6-13/h12-16H,3-11H2,1-2H3. The van der Waals surface area contributed by atoms with E-state index < -0.39 is 0 Å². The van der Waals surface area contributed by atoms with E-state index in [1.54, 1.807) is 0 Å². The summed E-state index contributed by atoms with van der Waals surface area (Å²) in [4.78, 5) is 0. The molecule has 1 unspecified atom stereocenters. The van der Waals surface area contributed by atoms with Gasteiger partial charge in [0.15, 0.2) is 0 Å². The monoisotopic (exact) mass is 223 g/mol. The van der Waals surface area contributed by atoms with Crippen molar-refractivity contribution in [1.29, 1.82) is 0 Å². The fourth-order valence-electron chi connectivity index (χ4n) is 3.55. The van der Waals surface area contributed by atoms with Crippen LogP contribution >= 0.6 is 0 Å². The molecule has 2 rings (SSSR count). The van der Waals surface area contributed by atoms with E-state index >= 15 is 0 Å². The maximum atomic E-state index is 3.59. The van der Waals surface area contributed by atoms with Crippen LogP contribution in [0.5, 0.6) is 0 Å². The first-order valence-electron chi connectivity index (χ1n) is 7.50. The Bertz CT molecular complexity index is 190. The molecule has 16 heavy (non-hydrogen) atoms. The van der Waals surface area contributed by atoms with E-state index in [1.165, 1.54) is 57.8 Å². The molecule has 0 aromatic heterocycles. The van der Waals surface area contributed by atoms with Crippen LogP contribution in [0.25, 0.3) is 0 Å². The fourth-order valence-corrected chi connectivity index (χ4v) is 3.55. The molecule has 1 atom stereocenters. The third-order valence-corrected chi connectivity index (χ3v) is 4.81. The number of nitrogens with one attached hydrogen (secondary N) is 1. The minimum Gasteiger partial charge on any atom is -0.317 e. The van der Waals surface area contributed by atoms with Crippen molar-refractivity contribution in [2.45, 2.75) is 70.8 Å². The Hall–Kier alpha value is -0.0400. The van der Waals surface area contributed by atoms with Crippen molar-refractivity contribution in [2.24, 2.45) is 17.8 Å². The van der Waals surface area contributed by atoms with Crippen LogP contribution < -0.4 is 5.32 Å². The summed E-state index contributed by atoms with van der Waals surface area (Å²) in [5, 5.41) is 3.59. The number of rotatable bonds is 6. The molecule has 2 aliphatic carbocycles. The quantitative estimate of drug-likeness (QED) is 0.718. The molecule has 2 fully saturated rings. The van der Waals surface area contributed by atoms with Gasteiger partial charge in [-0.1, -0.05) is 45.4 Å². The Morgan fingerprint density at radius 3 is 2.12 bits per heavy atom. The molecule has 0 aromatic carbocycles. The molecule has 1 heteroatoms. The second kappa shape index (κ2) is 6.05. The molecule has 0 spiro atoms. The predicted octanol–water partition coefficient (Wildman–Crippen LogP) is 3.98. The van der Waals surface area contributed by atoms with Gasteiger partial charge >= 0.3 is 0 Å². The van der Waals surface area contributed by atoms with Gasteiger partial charge in [0, 0.05) is 6.04 Å². The summed E-state index contributed by atoms with van der Waals surface area (Å²) in [6, 6.07) is 0.829. The first kappa shape index (κ1) is 12.4. The Balaban J connectivity index is 1.72. The van der Waals surface area contributed by atoms with Crippen LogP contribution in [0.4, 0.5) is 0 Å². The molecular weight excluding hydrogens is 194 g/mol. The van der Waals surface area contributed by atoms with Crippen LogP contribution in [0, 0.1) is 17.8 Å². The zero-order chi connectivity index (χ0) is 11.4. The van der Waals surface area contributed by atoms with E-state index in [4.69, 9.17) is 0 Å². The summed E-state index contributed by atoms with van der Waals surface area (Å²) in [7, 11) is 2.17. The second-order valence-corrected chi connectivity index (χ2v) is 6.14. The van der Waals surface area contributed by atoms with Crippen molar-refractivity contribution in [3.63, 3.8) is 0 Å². The van der Waals surface area contributed by atoms with Crippen LogP contribution in [0.3, 0.4) is 0 Å². The molecule has 0 aliphatic heterocycles. The van der Waals surface area contributed by atoms with E-state index in [0.717, 1.165) is 23.8 Å². The summed E-state index contributed by atoms with van der Waals surface area (Å²) in [6.07, 6.45) is 13.3. The summed E-state index contributed by atoms with van der Waals surface area (Å²) >= 11 is 0. The highest BCUT2D eigenvalue weighted by molar-refractivity contribution is 4.86. The molecule has 94 valence electrons. The zero-order valence-electron chi connectivity index (χ0n) is 11.2. The van der Waals surface area contributed by atoms with Gasteiger partial charge in [0.25, 0.3) is 0 Å². The molecule has 1 nitrogen and oxygen atoms in total. The highest BCUT2D eigenvalue weighted by atomic mass is 14.9. The highest BCUT2D eigenvalue weighted by Gasteiger charge is 2.31. The first-order valence-corrected chi connectivity index (χ1v) is 7.50. The minimum absolute atomic E-state index is 0.829. The highest BCUT2D eigenvalue weighted by Crippen LogP contribution is 2.39. The summed E-state index contributed by atoms with van der Waals surface area (Å²) in [6.45, 7) is 2.33. The van der Waals surface area contributed by atoms with Crippen LogP contribution in [-0.4, -0.2) is 13.1 Å². The lowest BCUT2D eigenvalue weighted by atomic mass is 9.76. The van der Waals surface area contributed by atoms with E-state index in [0.29, 0.717) is 0 Å². The van der Waals surface area contributed by atoms with E-state index in [1.807, 2.05) is 0 Å². The van der Waals surface area contributed by atoms with Crippen molar-refractivity contribution in [2.75, 3.05) is 7.05 Å². The van der Waals surface area contributed by atoms with Gasteiger partial charge in [0.1, 0.15) is 0 Å². The first-order chi connectivity index (χ1) is 7.83. The maximum absolute atomic E-state index is 3.59. The molecule has 0 radical (unpaired) electrons. The van der Waals surface area contributed by atoms with Crippen molar-refractivity contribution >= 4 is 0 Å². The Morgan fingerprint density at radius 2 is 1.62 bits per heavy atom. The van der Waals surface area contributed by atoms with Crippen molar-refractivity contribution < 1.29 is 0 Å². The lowest BCUT2D eigenvalue weighted by Crippen LogP contribution is -2.36. The van der Waals surface area contributed by atoms with Gasteiger partial charge in [-0.25, -0.2) is 0 Å². The normalized spacial score (nSPS) is 32.6. The van der Waals surface area contributed by atoms with Gasteiger partial charge in [-0.05, 0) is 44.1 Å². The van der Waals surface area contributed by atoms with Gasteiger partial charge in [-0.2, -0.15) is 0 Å². The molecule has 2 aliphatic rings. The number of hydrogen-bond acceptors (Lipinski definition) is 1. The Morgan fingerprint density at radius 1 is 1.00 bits per heavy atom. The number of hydrogen-bond donors (Lipinski definition) is 1. The van der Waals surface area contributed by atoms with E-state index in [-0.39, 0.29) is 0 Å². The van der Waals surface area contributed by atoms with Gasteiger partial charge in [0.2, 0.25) is 0 Å². The van der Waals surface area contributed by atoms with Gasteiger partial charge in [-0.3, -0.25) is 0 Å². The molecule has 2 saturated carbocycles. The third-order valence-electron chi connectivity index (χ3n) is 4.81. The van der Waals surface area contributed by atoms with Gasteiger partial charge < -0.3 is 5.32 Å². The van der Waals surface area contributed by atoms with Crippen molar-refractivity contribution in [1.82, 2.24) is 5.32 Å². The fraction of sp³-hybridized carbons (Fsp3) is 1.00. The average molecular weight is 223 g/mol. The molecule has 0 heterocycles. The minimum atomic E-state index is 0.829. The Kier molecular flexibility index (Phi) is 4.69. The van der Waals surface area contributed by atoms with E-state index in [2.05, 4.69) is 19.3 Å². The lowest BCUT2D eigenvalue weighted by molar-refractivity contribution is 0.208. The maximum Gasteiger partial charge on any atom is 0.00949 e. The second-order valence-electron chi connectivity index (χ2n) is 6.14. The molecule has 0 aromatic rings. The zero-order valence-corrected chi connectivity index (χ0v) is 11.2. The van der Waals surface area contributed by atoms with Crippen LogP contribution in [-0.2, 0) is 0 Å². The lowest BCUT2D eigenvalue weighted by Gasteiger charge is -2.34. The molecule has 0 amide bonds. The predicted molar refractivity (Wildman–Crippen MR) is 70.5 cm³/mol. The third kappa shape index (κ3) is 3.48.